The SMILES string of the molecule is Cn1cc(CN2CCO[C@H]3CN(C(=O)c4ccco4)C[C@H]3C2)cn1. The molecular weight excluding hydrogens is 308 g/mol. The van der Waals surface area contributed by atoms with E-state index < -0.39 is 0 Å². The van der Waals surface area contributed by atoms with Crippen molar-refractivity contribution in [2.75, 3.05) is 32.8 Å². The minimum absolute atomic E-state index is 0.0458. The van der Waals surface area contributed by atoms with E-state index in [-0.39, 0.29) is 12.0 Å². The molecule has 2 fully saturated rings. The number of rotatable bonds is 3. The number of aromatic nitrogens is 2. The van der Waals surface area contributed by atoms with Crippen molar-refractivity contribution in [3.05, 3.63) is 42.1 Å². The first-order chi connectivity index (χ1) is 11.7. The number of carbonyl (C=O) groups is 1. The number of hydrogen-bond acceptors (Lipinski definition) is 5. The Morgan fingerprint density at radius 1 is 1.38 bits per heavy atom. The molecule has 128 valence electrons. The van der Waals surface area contributed by atoms with Gasteiger partial charge in [0.05, 0.1) is 25.2 Å². The third-order valence-electron chi connectivity index (χ3n) is 4.80. The lowest BCUT2D eigenvalue weighted by atomic mass is 10.1. The van der Waals surface area contributed by atoms with Gasteiger partial charge in [0.15, 0.2) is 5.76 Å². The van der Waals surface area contributed by atoms with Crippen LogP contribution in [-0.2, 0) is 18.3 Å². The van der Waals surface area contributed by atoms with Crippen molar-refractivity contribution in [1.29, 1.82) is 0 Å². The zero-order valence-corrected chi connectivity index (χ0v) is 13.8. The molecule has 2 aromatic heterocycles. The van der Waals surface area contributed by atoms with Crippen molar-refractivity contribution < 1.29 is 13.9 Å². The Balaban J connectivity index is 1.40. The molecule has 24 heavy (non-hydrogen) atoms. The average molecular weight is 330 g/mol. The number of aryl methyl sites for hydroxylation is 1. The van der Waals surface area contributed by atoms with Gasteiger partial charge in [-0.05, 0) is 12.1 Å². The maximum Gasteiger partial charge on any atom is 0.289 e. The molecule has 7 nitrogen and oxygen atoms in total. The van der Waals surface area contributed by atoms with Gasteiger partial charge in [0.2, 0.25) is 0 Å². The summed E-state index contributed by atoms with van der Waals surface area (Å²) in [5.41, 5.74) is 1.21. The van der Waals surface area contributed by atoms with Gasteiger partial charge in [0.25, 0.3) is 5.91 Å². The Kier molecular flexibility index (Phi) is 4.12. The Labute approximate surface area is 140 Å². The minimum atomic E-state index is -0.0458. The second kappa shape index (κ2) is 6.41. The number of hydrogen-bond donors (Lipinski definition) is 0. The van der Waals surface area contributed by atoms with E-state index in [0.29, 0.717) is 31.4 Å². The van der Waals surface area contributed by atoms with Gasteiger partial charge in [-0.25, -0.2) is 0 Å². The van der Waals surface area contributed by atoms with Crippen LogP contribution in [0.5, 0.6) is 0 Å². The van der Waals surface area contributed by atoms with Gasteiger partial charge in [-0.3, -0.25) is 14.4 Å². The van der Waals surface area contributed by atoms with Gasteiger partial charge in [-0.15, -0.1) is 0 Å². The third kappa shape index (κ3) is 3.09. The summed E-state index contributed by atoms with van der Waals surface area (Å²) >= 11 is 0. The normalized spacial score (nSPS) is 24.8. The van der Waals surface area contributed by atoms with Crippen LogP contribution < -0.4 is 0 Å². The monoisotopic (exact) mass is 330 g/mol. The van der Waals surface area contributed by atoms with Crippen LogP contribution in [-0.4, -0.2) is 64.4 Å². The number of furan rings is 1. The molecule has 2 aliphatic heterocycles. The average Bonchev–Trinajstić information content (AvgIpc) is 3.28. The second-order valence-corrected chi connectivity index (χ2v) is 6.61. The van der Waals surface area contributed by atoms with Crippen molar-refractivity contribution >= 4 is 5.91 Å². The van der Waals surface area contributed by atoms with Crippen molar-refractivity contribution in [1.82, 2.24) is 19.6 Å². The molecule has 0 N–H and O–H groups in total. The summed E-state index contributed by atoms with van der Waals surface area (Å²) in [6.07, 6.45) is 5.60. The van der Waals surface area contributed by atoms with E-state index in [1.165, 1.54) is 11.8 Å². The predicted octanol–water partition coefficient (Wildman–Crippen LogP) is 0.986. The number of carbonyl (C=O) groups excluding carboxylic acids is 1. The standard InChI is InChI=1S/C17H22N4O3/c1-19-8-13(7-18-19)9-20-4-6-24-16-12-21(11-14(16)10-20)17(22)15-3-2-5-23-15/h2-3,5,7-8,14,16H,4,6,9-12H2,1H3/t14-,16+/m1/s1. The summed E-state index contributed by atoms with van der Waals surface area (Å²) in [6, 6.07) is 3.46. The maximum absolute atomic E-state index is 12.5. The highest BCUT2D eigenvalue weighted by Crippen LogP contribution is 2.25. The van der Waals surface area contributed by atoms with Crippen LogP contribution >= 0.6 is 0 Å². The largest absolute Gasteiger partial charge is 0.459 e. The molecular formula is C17H22N4O3. The number of ether oxygens (including phenoxy) is 1. The molecule has 4 rings (SSSR count). The van der Waals surface area contributed by atoms with Crippen LogP contribution in [0.2, 0.25) is 0 Å². The van der Waals surface area contributed by atoms with E-state index in [4.69, 9.17) is 9.15 Å². The van der Waals surface area contributed by atoms with Gasteiger partial charge < -0.3 is 14.1 Å². The van der Waals surface area contributed by atoms with E-state index in [9.17, 15) is 4.79 Å². The van der Waals surface area contributed by atoms with E-state index >= 15 is 0 Å². The molecule has 2 atom stereocenters. The van der Waals surface area contributed by atoms with Gasteiger partial charge in [0.1, 0.15) is 0 Å². The van der Waals surface area contributed by atoms with E-state index in [0.717, 1.165) is 19.6 Å². The van der Waals surface area contributed by atoms with Gasteiger partial charge in [0, 0.05) is 57.4 Å². The molecule has 4 heterocycles. The Bertz CT molecular complexity index is 697. The fourth-order valence-corrected chi connectivity index (χ4v) is 3.64. The maximum atomic E-state index is 12.5. The van der Waals surface area contributed by atoms with Gasteiger partial charge in [-0.1, -0.05) is 0 Å². The Hall–Kier alpha value is -2.12. The molecule has 0 aromatic carbocycles. The predicted molar refractivity (Wildman–Crippen MR) is 86.3 cm³/mol. The molecule has 0 unspecified atom stereocenters. The number of nitrogens with zero attached hydrogens (tertiary/aromatic N) is 4. The third-order valence-corrected chi connectivity index (χ3v) is 4.80. The Morgan fingerprint density at radius 2 is 2.29 bits per heavy atom. The lowest BCUT2D eigenvalue weighted by Crippen LogP contribution is -2.33. The van der Waals surface area contributed by atoms with Crippen molar-refractivity contribution in [3.8, 4) is 0 Å². The van der Waals surface area contributed by atoms with Crippen LogP contribution in [0.4, 0.5) is 0 Å². The molecule has 1 amide bonds. The summed E-state index contributed by atoms with van der Waals surface area (Å²) in [7, 11) is 1.93. The van der Waals surface area contributed by atoms with Crippen LogP contribution in [0.3, 0.4) is 0 Å². The molecule has 0 radical (unpaired) electrons. The molecule has 0 spiro atoms. The topological polar surface area (TPSA) is 63.7 Å². The quantitative estimate of drug-likeness (QED) is 0.840. The summed E-state index contributed by atoms with van der Waals surface area (Å²) in [5, 5.41) is 4.23. The molecule has 0 bridgehead atoms. The van der Waals surface area contributed by atoms with Crippen LogP contribution in [0.1, 0.15) is 16.1 Å². The smallest absolute Gasteiger partial charge is 0.289 e. The molecule has 0 saturated carbocycles. The zero-order chi connectivity index (χ0) is 16.5. The summed E-state index contributed by atoms with van der Waals surface area (Å²) < 4.78 is 13.1. The van der Waals surface area contributed by atoms with Crippen molar-refractivity contribution in [3.63, 3.8) is 0 Å². The van der Waals surface area contributed by atoms with Crippen LogP contribution in [0.25, 0.3) is 0 Å². The lowest BCUT2D eigenvalue weighted by Gasteiger charge is -2.22. The number of amides is 1. The van der Waals surface area contributed by atoms with Gasteiger partial charge >= 0.3 is 0 Å². The van der Waals surface area contributed by atoms with Crippen LogP contribution in [0.15, 0.2) is 35.2 Å². The first kappa shape index (κ1) is 15.4. The van der Waals surface area contributed by atoms with Crippen LogP contribution in [0, 0.1) is 5.92 Å². The minimum Gasteiger partial charge on any atom is -0.459 e. The fraction of sp³-hybridized carbons (Fsp3) is 0.529. The molecule has 0 aliphatic carbocycles. The highest BCUT2D eigenvalue weighted by molar-refractivity contribution is 5.91. The summed E-state index contributed by atoms with van der Waals surface area (Å²) in [4.78, 5) is 16.7. The first-order valence-electron chi connectivity index (χ1n) is 8.33. The number of likely N-dealkylation sites (tertiary alicyclic amines) is 1. The van der Waals surface area contributed by atoms with Gasteiger partial charge in [-0.2, -0.15) is 5.10 Å². The lowest BCUT2D eigenvalue weighted by molar-refractivity contribution is 0.0476. The highest BCUT2D eigenvalue weighted by atomic mass is 16.5. The summed E-state index contributed by atoms with van der Waals surface area (Å²) in [5.74, 6) is 0.692. The van der Waals surface area contributed by atoms with Crippen molar-refractivity contribution in [2.24, 2.45) is 13.0 Å². The van der Waals surface area contributed by atoms with Crippen molar-refractivity contribution in [2.45, 2.75) is 12.6 Å². The molecule has 2 aliphatic rings. The van der Waals surface area contributed by atoms with E-state index in [2.05, 4.69) is 10.00 Å². The van der Waals surface area contributed by atoms with E-state index in [1.807, 2.05) is 29.0 Å². The zero-order valence-electron chi connectivity index (χ0n) is 13.8. The number of fused-ring (bicyclic) bond motifs is 1. The second-order valence-electron chi connectivity index (χ2n) is 6.61. The van der Waals surface area contributed by atoms with E-state index in [1.54, 1.807) is 12.1 Å². The highest BCUT2D eigenvalue weighted by Gasteiger charge is 2.39. The molecule has 7 heteroatoms. The summed E-state index contributed by atoms with van der Waals surface area (Å²) in [6.45, 7) is 4.77. The molecule has 2 aromatic rings. The molecule has 2 saturated heterocycles. The first-order valence-corrected chi connectivity index (χ1v) is 8.33. The fourth-order valence-electron chi connectivity index (χ4n) is 3.64. The Morgan fingerprint density at radius 3 is 3.04 bits per heavy atom.